The summed E-state index contributed by atoms with van der Waals surface area (Å²) in [4.78, 5) is 22.0. The lowest BCUT2D eigenvalue weighted by Crippen LogP contribution is -2.10. The van der Waals surface area contributed by atoms with E-state index in [9.17, 15) is 9.59 Å². The molecule has 108 valence electrons. The summed E-state index contributed by atoms with van der Waals surface area (Å²) < 4.78 is 10.0. The lowest BCUT2D eigenvalue weighted by Gasteiger charge is -2.05. The predicted molar refractivity (Wildman–Crippen MR) is 75.9 cm³/mol. The maximum Gasteiger partial charge on any atom is 0.341 e. The molecule has 0 aliphatic rings. The quantitative estimate of drug-likeness (QED) is 0.796. The number of carbonyl (C=O) groups is 2. The van der Waals surface area contributed by atoms with Gasteiger partial charge in [0.25, 0.3) is 0 Å². The van der Waals surface area contributed by atoms with Gasteiger partial charge in [0, 0.05) is 11.8 Å². The predicted octanol–water partition coefficient (Wildman–Crippen LogP) is 2.39. The highest BCUT2D eigenvalue weighted by atomic mass is 16.5. The average Bonchev–Trinajstić information content (AvgIpc) is 2.98. The van der Waals surface area contributed by atoms with Crippen LogP contribution in [0.25, 0.3) is 6.08 Å². The van der Waals surface area contributed by atoms with Gasteiger partial charge in [0.15, 0.2) is 6.61 Å². The van der Waals surface area contributed by atoms with E-state index in [4.69, 9.17) is 14.3 Å². The Kier molecular flexibility index (Phi) is 4.76. The van der Waals surface area contributed by atoms with E-state index in [0.29, 0.717) is 17.2 Å². The second kappa shape index (κ2) is 6.95. The third kappa shape index (κ3) is 4.87. The molecule has 1 aromatic heterocycles. The van der Waals surface area contributed by atoms with Gasteiger partial charge in [0.2, 0.25) is 5.91 Å². The zero-order chi connectivity index (χ0) is 15.1. The van der Waals surface area contributed by atoms with Crippen molar-refractivity contribution in [2.24, 2.45) is 0 Å². The monoisotopic (exact) mass is 287 g/mol. The number of nitrogens with one attached hydrogen (secondary N) is 1. The molecular weight excluding hydrogens is 274 g/mol. The second-order valence-corrected chi connectivity index (χ2v) is 4.04. The van der Waals surface area contributed by atoms with E-state index in [1.807, 2.05) is 0 Å². The van der Waals surface area contributed by atoms with Crippen molar-refractivity contribution < 1.29 is 23.8 Å². The van der Waals surface area contributed by atoms with E-state index >= 15 is 0 Å². The van der Waals surface area contributed by atoms with Crippen LogP contribution in [0.3, 0.4) is 0 Å². The molecule has 1 amide bonds. The Morgan fingerprint density at radius 1 is 1.24 bits per heavy atom. The molecule has 2 aromatic rings. The standard InChI is InChI=1S/C15H13NO5/c17-14(8-7-12-2-1-9-20-12)16-11-3-5-13(6-4-11)21-10-15(18)19/h1-9H,10H2,(H,16,17)(H,18,19). The molecule has 0 aliphatic heterocycles. The SMILES string of the molecule is O=C(O)COc1ccc(NC(=O)C=Cc2ccco2)cc1. The Hall–Kier alpha value is -3.02. The molecule has 1 aromatic carbocycles. The zero-order valence-corrected chi connectivity index (χ0v) is 11.0. The van der Waals surface area contributed by atoms with Crippen LogP contribution in [0.5, 0.6) is 5.75 Å². The highest BCUT2D eigenvalue weighted by molar-refractivity contribution is 6.01. The van der Waals surface area contributed by atoms with Crippen LogP contribution in [-0.4, -0.2) is 23.6 Å². The number of amides is 1. The van der Waals surface area contributed by atoms with Gasteiger partial charge in [0.05, 0.1) is 6.26 Å². The number of carbonyl (C=O) groups excluding carboxylic acids is 1. The molecule has 2 rings (SSSR count). The number of hydrogen-bond donors (Lipinski definition) is 2. The Labute approximate surface area is 120 Å². The van der Waals surface area contributed by atoms with Gasteiger partial charge >= 0.3 is 5.97 Å². The highest BCUT2D eigenvalue weighted by Crippen LogP contribution is 2.15. The van der Waals surface area contributed by atoms with Crippen molar-refractivity contribution >= 4 is 23.6 Å². The maximum absolute atomic E-state index is 11.7. The summed E-state index contributed by atoms with van der Waals surface area (Å²) in [6.45, 7) is -0.405. The molecule has 2 N–H and O–H groups in total. The van der Waals surface area contributed by atoms with Crippen LogP contribution in [0.4, 0.5) is 5.69 Å². The van der Waals surface area contributed by atoms with Crippen LogP contribution in [0.2, 0.25) is 0 Å². The van der Waals surface area contributed by atoms with Gasteiger partial charge in [-0.05, 0) is 42.5 Å². The van der Waals surface area contributed by atoms with Gasteiger partial charge in [-0.1, -0.05) is 0 Å². The third-order valence-electron chi connectivity index (χ3n) is 2.43. The molecule has 6 heteroatoms. The number of carboxylic acid groups (broad SMARTS) is 1. The average molecular weight is 287 g/mol. The smallest absolute Gasteiger partial charge is 0.341 e. The van der Waals surface area contributed by atoms with Crippen LogP contribution in [0.15, 0.2) is 53.2 Å². The Balaban J connectivity index is 1.87. The van der Waals surface area contributed by atoms with Crippen LogP contribution >= 0.6 is 0 Å². The zero-order valence-electron chi connectivity index (χ0n) is 11.0. The summed E-state index contributed by atoms with van der Waals surface area (Å²) in [5.41, 5.74) is 0.576. The second-order valence-electron chi connectivity index (χ2n) is 4.04. The summed E-state index contributed by atoms with van der Waals surface area (Å²) in [6, 6.07) is 9.86. The summed E-state index contributed by atoms with van der Waals surface area (Å²) in [5.74, 6) is -0.342. The highest BCUT2D eigenvalue weighted by Gasteiger charge is 2.01. The van der Waals surface area contributed by atoms with Crippen LogP contribution in [0, 0.1) is 0 Å². The normalized spacial score (nSPS) is 10.5. The van der Waals surface area contributed by atoms with Gasteiger partial charge in [-0.2, -0.15) is 0 Å². The van der Waals surface area contributed by atoms with Crippen LogP contribution < -0.4 is 10.1 Å². The van der Waals surface area contributed by atoms with Crippen LogP contribution in [-0.2, 0) is 9.59 Å². The van der Waals surface area contributed by atoms with Gasteiger partial charge in [-0.3, -0.25) is 4.79 Å². The van der Waals surface area contributed by atoms with Crippen molar-refractivity contribution in [2.45, 2.75) is 0 Å². The van der Waals surface area contributed by atoms with Crippen molar-refractivity contribution in [3.05, 3.63) is 54.5 Å². The van der Waals surface area contributed by atoms with E-state index in [-0.39, 0.29) is 5.91 Å². The fourth-order valence-corrected chi connectivity index (χ4v) is 1.51. The van der Waals surface area contributed by atoms with Crippen molar-refractivity contribution in [3.63, 3.8) is 0 Å². The lowest BCUT2D eigenvalue weighted by atomic mass is 10.3. The minimum atomic E-state index is -1.05. The topological polar surface area (TPSA) is 88.8 Å². The number of hydrogen-bond acceptors (Lipinski definition) is 4. The number of benzene rings is 1. The number of carboxylic acids is 1. The first-order valence-electron chi connectivity index (χ1n) is 6.11. The molecule has 0 aliphatic carbocycles. The first-order chi connectivity index (χ1) is 10.1. The van der Waals surface area contributed by atoms with Crippen molar-refractivity contribution in [3.8, 4) is 5.75 Å². The third-order valence-corrected chi connectivity index (χ3v) is 2.43. The fourth-order valence-electron chi connectivity index (χ4n) is 1.51. The molecule has 0 saturated carbocycles. The molecule has 1 heterocycles. The molecule has 0 fully saturated rings. The Morgan fingerprint density at radius 2 is 2.00 bits per heavy atom. The summed E-state index contributed by atoms with van der Waals surface area (Å²) in [7, 11) is 0. The van der Waals surface area contributed by atoms with E-state index in [0.717, 1.165) is 0 Å². The minimum absolute atomic E-state index is 0.300. The number of anilines is 1. The largest absolute Gasteiger partial charge is 0.482 e. The number of furan rings is 1. The molecule has 0 spiro atoms. The minimum Gasteiger partial charge on any atom is -0.482 e. The van der Waals surface area contributed by atoms with E-state index in [2.05, 4.69) is 5.32 Å². The van der Waals surface area contributed by atoms with Crippen molar-refractivity contribution in [1.29, 1.82) is 0 Å². The van der Waals surface area contributed by atoms with Gasteiger partial charge in [-0.15, -0.1) is 0 Å². The van der Waals surface area contributed by atoms with E-state index in [1.165, 1.54) is 12.3 Å². The Bertz CT molecular complexity index is 629. The summed E-state index contributed by atoms with van der Waals surface area (Å²) >= 11 is 0. The fraction of sp³-hybridized carbons (Fsp3) is 0.0667. The molecule has 21 heavy (non-hydrogen) atoms. The number of rotatable bonds is 6. The lowest BCUT2D eigenvalue weighted by molar-refractivity contribution is -0.139. The maximum atomic E-state index is 11.7. The molecule has 0 unspecified atom stereocenters. The van der Waals surface area contributed by atoms with Crippen molar-refractivity contribution in [2.75, 3.05) is 11.9 Å². The number of ether oxygens (including phenoxy) is 1. The van der Waals surface area contributed by atoms with Gasteiger partial charge in [0.1, 0.15) is 11.5 Å². The van der Waals surface area contributed by atoms with Crippen LogP contribution in [0.1, 0.15) is 5.76 Å². The Morgan fingerprint density at radius 3 is 2.62 bits per heavy atom. The molecule has 0 saturated heterocycles. The summed E-state index contributed by atoms with van der Waals surface area (Å²) in [5, 5.41) is 11.1. The molecule has 0 bridgehead atoms. The first kappa shape index (κ1) is 14.4. The molecule has 6 nitrogen and oxygen atoms in total. The van der Waals surface area contributed by atoms with Gasteiger partial charge < -0.3 is 19.6 Å². The first-order valence-corrected chi connectivity index (χ1v) is 6.11. The molecular formula is C15H13NO5. The molecule has 0 atom stereocenters. The van der Waals surface area contributed by atoms with Gasteiger partial charge in [-0.25, -0.2) is 4.79 Å². The van der Waals surface area contributed by atoms with E-state index < -0.39 is 12.6 Å². The number of aliphatic carboxylic acids is 1. The summed E-state index contributed by atoms with van der Waals surface area (Å²) in [6.07, 6.45) is 4.43. The molecule has 0 radical (unpaired) electrons. The van der Waals surface area contributed by atoms with Crippen molar-refractivity contribution in [1.82, 2.24) is 0 Å². The van der Waals surface area contributed by atoms with E-state index in [1.54, 1.807) is 42.5 Å².